The third-order valence-electron chi connectivity index (χ3n) is 3.57. The number of aromatic carboxylic acids is 1. The quantitative estimate of drug-likeness (QED) is 0.864. The molecule has 1 heterocycles. The largest absolute Gasteiger partial charge is 0.478 e. The van der Waals surface area contributed by atoms with Gasteiger partial charge in [-0.1, -0.05) is 0 Å². The van der Waals surface area contributed by atoms with Crippen LogP contribution in [0.5, 0.6) is 0 Å². The van der Waals surface area contributed by atoms with Gasteiger partial charge in [0, 0.05) is 0 Å². The van der Waals surface area contributed by atoms with Crippen molar-refractivity contribution < 1.29 is 19.1 Å². The highest BCUT2D eigenvalue weighted by atomic mass is 19.1. The Balaban J connectivity index is 1.77. The average molecular weight is 340 g/mol. The second-order valence-corrected chi connectivity index (χ2v) is 5.34. The number of rotatable bonds is 4. The third-order valence-corrected chi connectivity index (χ3v) is 3.57. The van der Waals surface area contributed by atoms with Crippen LogP contribution < -0.4 is 5.01 Å². The Morgan fingerprint density at radius 1 is 1.16 bits per heavy atom. The third kappa shape index (κ3) is 3.42. The van der Waals surface area contributed by atoms with Crippen molar-refractivity contribution in [3.8, 4) is 0 Å². The van der Waals surface area contributed by atoms with Crippen molar-refractivity contribution in [2.24, 2.45) is 15.3 Å². The predicted octanol–water partition coefficient (Wildman–Crippen LogP) is 3.40. The molecule has 0 fully saturated rings. The molecule has 8 heteroatoms. The fourth-order valence-electron chi connectivity index (χ4n) is 2.25. The first-order valence-corrected chi connectivity index (χ1v) is 7.34. The molecule has 0 aromatic heterocycles. The van der Waals surface area contributed by atoms with Gasteiger partial charge in [-0.2, -0.15) is 20.3 Å². The molecular formula is C17H13FN4O3. The first kappa shape index (κ1) is 16.4. The number of carbonyl (C=O) groups is 2. The van der Waals surface area contributed by atoms with E-state index in [1.165, 1.54) is 48.5 Å². The van der Waals surface area contributed by atoms with Gasteiger partial charge >= 0.3 is 5.97 Å². The molecular weight excluding hydrogens is 327 g/mol. The molecule has 0 saturated carbocycles. The standard InChI is InChI=1S/C17H13FN4O3/c1-10-15(20-19-13-6-2-11(3-7-13)17(24)25)16(23)22(21-10)14-8-4-12(18)5-9-14/h2-9,15H,1H3,(H,24,25). The fraction of sp³-hybridized carbons (Fsp3) is 0.118. The Bertz CT molecular complexity index is 876. The topological polar surface area (TPSA) is 94.7 Å². The maximum atomic E-state index is 13.0. The number of amides is 1. The van der Waals surface area contributed by atoms with Crippen molar-refractivity contribution in [2.45, 2.75) is 13.0 Å². The second-order valence-electron chi connectivity index (χ2n) is 5.34. The minimum absolute atomic E-state index is 0.135. The Labute approximate surface area is 142 Å². The molecule has 0 saturated heterocycles. The molecule has 0 spiro atoms. The molecule has 126 valence electrons. The molecule has 1 unspecified atom stereocenters. The Hall–Kier alpha value is -3.42. The van der Waals surface area contributed by atoms with E-state index >= 15 is 0 Å². The minimum atomic E-state index is -1.03. The van der Waals surface area contributed by atoms with Crippen LogP contribution in [0, 0.1) is 5.82 Å². The van der Waals surface area contributed by atoms with Crippen LogP contribution in [-0.4, -0.2) is 28.7 Å². The van der Waals surface area contributed by atoms with E-state index in [2.05, 4.69) is 15.3 Å². The summed E-state index contributed by atoms with van der Waals surface area (Å²) in [5.41, 5.74) is 1.46. The van der Waals surface area contributed by atoms with E-state index < -0.39 is 23.7 Å². The minimum Gasteiger partial charge on any atom is -0.478 e. The monoisotopic (exact) mass is 340 g/mol. The van der Waals surface area contributed by atoms with Crippen molar-refractivity contribution in [3.63, 3.8) is 0 Å². The maximum absolute atomic E-state index is 13.0. The van der Waals surface area contributed by atoms with Gasteiger partial charge in [0.05, 0.1) is 22.6 Å². The summed E-state index contributed by atoms with van der Waals surface area (Å²) in [5.74, 6) is -1.83. The van der Waals surface area contributed by atoms with Gasteiger partial charge in [-0.25, -0.2) is 9.18 Å². The van der Waals surface area contributed by atoms with Gasteiger partial charge in [-0.3, -0.25) is 4.79 Å². The number of hydrazone groups is 1. The second kappa shape index (κ2) is 6.60. The number of benzene rings is 2. The lowest BCUT2D eigenvalue weighted by molar-refractivity contribution is -0.117. The number of hydrogen-bond acceptors (Lipinski definition) is 5. The summed E-state index contributed by atoms with van der Waals surface area (Å²) in [4.78, 5) is 23.3. The summed E-state index contributed by atoms with van der Waals surface area (Å²) in [6, 6.07) is 10.3. The van der Waals surface area contributed by atoms with E-state index in [9.17, 15) is 14.0 Å². The van der Waals surface area contributed by atoms with Gasteiger partial charge in [-0.05, 0) is 55.5 Å². The van der Waals surface area contributed by atoms with E-state index in [1.54, 1.807) is 6.92 Å². The molecule has 2 aromatic rings. The Kier molecular flexibility index (Phi) is 4.34. The first-order chi connectivity index (χ1) is 12.0. The molecule has 0 bridgehead atoms. The van der Waals surface area contributed by atoms with Gasteiger partial charge in [0.15, 0.2) is 6.04 Å². The van der Waals surface area contributed by atoms with Crippen LogP contribution in [0.2, 0.25) is 0 Å². The highest BCUT2D eigenvalue weighted by Crippen LogP contribution is 2.23. The zero-order valence-corrected chi connectivity index (χ0v) is 13.1. The van der Waals surface area contributed by atoms with Crippen molar-refractivity contribution in [1.29, 1.82) is 0 Å². The molecule has 1 aliphatic heterocycles. The van der Waals surface area contributed by atoms with Crippen molar-refractivity contribution >= 4 is 29.0 Å². The molecule has 7 nitrogen and oxygen atoms in total. The van der Waals surface area contributed by atoms with Crippen LogP contribution in [0.15, 0.2) is 63.9 Å². The highest BCUT2D eigenvalue weighted by molar-refractivity contribution is 6.18. The molecule has 0 aliphatic carbocycles. The first-order valence-electron chi connectivity index (χ1n) is 7.34. The molecule has 1 atom stereocenters. The summed E-state index contributed by atoms with van der Waals surface area (Å²) in [7, 11) is 0. The number of anilines is 1. The summed E-state index contributed by atoms with van der Waals surface area (Å²) >= 11 is 0. The molecule has 25 heavy (non-hydrogen) atoms. The lowest BCUT2D eigenvalue weighted by Gasteiger charge is -2.12. The SMILES string of the molecule is CC1=NN(c2ccc(F)cc2)C(=O)C1N=Nc1ccc(C(=O)O)cc1. The van der Waals surface area contributed by atoms with Crippen LogP contribution in [0.25, 0.3) is 0 Å². The zero-order valence-electron chi connectivity index (χ0n) is 13.1. The Morgan fingerprint density at radius 2 is 1.80 bits per heavy atom. The highest BCUT2D eigenvalue weighted by Gasteiger charge is 2.34. The maximum Gasteiger partial charge on any atom is 0.335 e. The van der Waals surface area contributed by atoms with E-state index in [0.29, 0.717) is 17.1 Å². The number of hydrogen-bond donors (Lipinski definition) is 1. The molecule has 3 rings (SSSR count). The number of halogens is 1. The Morgan fingerprint density at radius 3 is 2.40 bits per heavy atom. The average Bonchev–Trinajstić information content (AvgIpc) is 2.88. The van der Waals surface area contributed by atoms with E-state index in [4.69, 9.17) is 5.11 Å². The van der Waals surface area contributed by atoms with Gasteiger partial charge in [-0.15, -0.1) is 0 Å². The number of azo groups is 1. The van der Waals surface area contributed by atoms with Crippen LogP contribution in [0.1, 0.15) is 17.3 Å². The summed E-state index contributed by atoms with van der Waals surface area (Å²) in [5, 5.41) is 22.1. The van der Waals surface area contributed by atoms with Crippen molar-refractivity contribution in [2.75, 3.05) is 5.01 Å². The molecule has 1 aliphatic rings. The normalized spacial score (nSPS) is 17.2. The van der Waals surface area contributed by atoms with E-state index in [1.807, 2.05) is 0 Å². The van der Waals surface area contributed by atoms with Crippen LogP contribution >= 0.6 is 0 Å². The predicted molar refractivity (Wildman–Crippen MR) is 88.7 cm³/mol. The van der Waals surface area contributed by atoms with Gasteiger partial charge in [0.2, 0.25) is 0 Å². The van der Waals surface area contributed by atoms with Crippen LogP contribution in [0.4, 0.5) is 15.8 Å². The fourth-order valence-corrected chi connectivity index (χ4v) is 2.25. The van der Waals surface area contributed by atoms with Crippen LogP contribution in [-0.2, 0) is 4.79 Å². The lowest BCUT2D eigenvalue weighted by Crippen LogP contribution is -2.29. The number of nitrogens with zero attached hydrogens (tertiary/aromatic N) is 4. The number of carbonyl (C=O) groups excluding carboxylic acids is 1. The van der Waals surface area contributed by atoms with Gasteiger partial charge in [0.25, 0.3) is 5.91 Å². The smallest absolute Gasteiger partial charge is 0.335 e. The zero-order chi connectivity index (χ0) is 18.0. The van der Waals surface area contributed by atoms with Gasteiger partial charge in [0.1, 0.15) is 5.82 Å². The molecule has 1 amide bonds. The van der Waals surface area contributed by atoms with Crippen LogP contribution in [0.3, 0.4) is 0 Å². The summed E-state index contributed by atoms with van der Waals surface area (Å²) in [6.45, 7) is 1.65. The van der Waals surface area contributed by atoms with Crippen molar-refractivity contribution in [1.82, 2.24) is 0 Å². The molecule has 1 N–H and O–H groups in total. The van der Waals surface area contributed by atoms with E-state index in [0.717, 1.165) is 5.01 Å². The van der Waals surface area contributed by atoms with Crippen molar-refractivity contribution in [3.05, 3.63) is 59.9 Å². The number of carboxylic acids is 1. The lowest BCUT2D eigenvalue weighted by atomic mass is 10.2. The molecule has 0 radical (unpaired) electrons. The van der Waals surface area contributed by atoms with E-state index in [-0.39, 0.29) is 5.56 Å². The summed E-state index contributed by atoms with van der Waals surface area (Å²) in [6.07, 6.45) is 0. The van der Waals surface area contributed by atoms with Gasteiger partial charge < -0.3 is 5.11 Å². The summed E-state index contributed by atoms with van der Waals surface area (Å²) < 4.78 is 13.0. The number of carboxylic acid groups (broad SMARTS) is 1. The molecule has 2 aromatic carbocycles.